The third kappa shape index (κ3) is 4.25. The maximum absolute atomic E-state index is 5.81. The number of anilines is 2. The zero-order chi connectivity index (χ0) is 19.7. The van der Waals surface area contributed by atoms with Crippen LogP contribution in [0.2, 0.25) is 0 Å². The van der Waals surface area contributed by atoms with Crippen molar-refractivity contribution in [1.82, 2.24) is 19.9 Å². The third-order valence-electron chi connectivity index (χ3n) is 4.91. The van der Waals surface area contributed by atoms with E-state index in [-0.39, 0.29) is 11.5 Å². The second kappa shape index (κ2) is 7.39. The average molecular weight is 380 g/mol. The van der Waals surface area contributed by atoms with Gasteiger partial charge in [0.1, 0.15) is 5.82 Å². The Hall–Kier alpha value is -2.67. The first kappa shape index (κ1) is 18.7. The van der Waals surface area contributed by atoms with Crippen LogP contribution in [0, 0.1) is 0 Å². The fourth-order valence-electron chi connectivity index (χ4n) is 3.60. The van der Waals surface area contributed by atoms with Gasteiger partial charge in [-0.3, -0.25) is 0 Å². The molecule has 7 heteroatoms. The molecule has 1 atom stereocenters. The summed E-state index contributed by atoms with van der Waals surface area (Å²) in [6.45, 7) is 9.03. The second-order valence-corrected chi connectivity index (χ2v) is 8.51. The molecule has 148 valence electrons. The van der Waals surface area contributed by atoms with Gasteiger partial charge in [-0.1, -0.05) is 0 Å². The number of hydrogen-bond acceptors (Lipinski definition) is 7. The van der Waals surface area contributed by atoms with Crippen molar-refractivity contribution >= 4 is 17.8 Å². The minimum Gasteiger partial charge on any atom is -0.376 e. The van der Waals surface area contributed by atoms with Crippen LogP contribution in [-0.2, 0) is 11.3 Å². The average Bonchev–Trinajstić information content (AvgIpc) is 3.14. The van der Waals surface area contributed by atoms with E-state index in [1.54, 1.807) is 12.4 Å². The van der Waals surface area contributed by atoms with Gasteiger partial charge in [-0.15, -0.1) is 0 Å². The SMILES string of the molecule is CC(C)(C)Nc1nc(-c2cnc(N)nc2)cc2c1CN(CC1CCCO1)C=C2. The molecular formula is C21H28N6O. The van der Waals surface area contributed by atoms with E-state index < -0.39 is 0 Å². The van der Waals surface area contributed by atoms with Crippen LogP contribution in [0.4, 0.5) is 11.8 Å². The lowest BCUT2D eigenvalue weighted by atomic mass is 10.0. The molecule has 2 aliphatic heterocycles. The highest BCUT2D eigenvalue weighted by molar-refractivity contribution is 5.71. The molecule has 0 bridgehead atoms. The van der Waals surface area contributed by atoms with Crippen LogP contribution < -0.4 is 11.1 Å². The van der Waals surface area contributed by atoms with Gasteiger partial charge >= 0.3 is 0 Å². The number of nitrogens with zero attached hydrogens (tertiary/aromatic N) is 4. The van der Waals surface area contributed by atoms with Crippen LogP contribution in [-0.4, -0.2) is 44.6 Å². The predicted molar refractivity (Wildman–Crippen MR) is 111 cm³/mol. The standard InChI is InChI=1S/C21H28N6O/c1-21(2,3)26-19-17-13-27(12-16-5-4-8-28-16)7-6-14(17)9-18(25-19)15-10-23-20(22)24-11-15/h6-7,9-11,16H,4-5,8,12-13H2,1-3H3,(H,25,26)(H2,22,23,24). The van der Waals surface area contributed by atoms with Crippen molar-refractivity contribution in [3.05, 3.63) is 35.8 Å². The smallest absolute Gasteiger partial charge is 0.219 e. The number of rotatable bonds is 4. The molecule has 1 fully saturated rings. The number of pyridine rings is 1. The Morgan fingerprint density at radius 3 is 2.75 bits per heavy atom. The summed E-state index contributed by atoms with van der Waals surface area (Å²) < 4.78 is 5.81. The molecule has 1 saturated heterocycles. The molecule has 28 heavy (non-hydrogen) atoms. The van der Waals surface area contributed by atoms with Gasteiger partial charge in [0.15, 0.2) is 0 Å². The van der Waals surface area contributed by atoms with Gasteiger partial charge in [0.2, 0.25) is 5.95 Å². The fourth-order valence-corrected chi connectivity index (χ4v) is 3.60. The van der Waals surface area contributed by atoms with Gasteiger partial charge in [0, 0.05) is 55.0 Å². The quantitative estimate of drug-likeness (QED) is 0.841. The number of hydrogen-bond donors (Lipinski definition) is 2. The minimum absolute atomic E-state index is 0.0996. The molecule has 0 spiro atoms. The third-order valence-corrected chi connectivity index (χ3v) is 4.91. The first-order valence-corrected chi connectivity index (χ1v) is 9.81. The lowest BCUT2D eigenvalue weighted by molar-refractivity contribution is 0.0848. The molecule has 0 radical (unpaired) electrons. The molecule has 2 aromatic rings. The Bertz CT molecular complexity index is 866. The Morgan fingerprint density at radius 2 is 2.07 bits per heavy atom. The van der Waals surface area contributed by atoms with Crippen LogP contribution in [0.5, 0.6) is 0 Å². The van der Waals surface area contributed by atoms with E-state index >= 15 is 0 Å². The highest BCUT2D eigenvalue weighted by Gasteiger charge is 2.24. The molecule has 0 saturated carbocycles. The zero-order valence-electron chi connectivity index (χ0n) is 16.8. The lowest BCUT2D eigenvalue weighted by Crippen LogP contribution is -2.32. The number of nitrogen functional groups attached to an aromatic ring is 1. The maximum Gasteiger partial charge on any atom is 0.219 e. The van der Waals surface area contributed by atoms with E-state index in [1.807, 2.05) is 0 Å². The molecule has 4 rings (SSSR count). The molecule has 0 aliphatic carbocycles. The largest absolute Gasteiger partial charge is 0.376 e. The first-order valence-electron chi connectivity index (χ1n) is 9.81. The number of ether oxygens (including phenoxy) is 1. The van der Waals surface area contributed by atoms with Gasteiger partial charge in [-0.2, -0.15) is 0 Å². The van der Waals surface area contributed by atoms with E-state index in [0.717, 1.165) is 55.2 Å². The first-order chi connectivity index (χ1) is 13.4. The molecule has 3 N–H and O–H groups in total. The summed E-state index contributed by atoms with van der Waals surface area (Å²) in [7, 11) is 0. The van der Waals surface area contributed by atoms with Crippen molar-refractivity contribution in [3.63, 3.8) is 0 Å². The van der Waals surface area contributed by atoms with E-state index in [9.17, 15) is 0 Å². The Balaban J connectivity index is 1.67. The van der Waals surface area contributed by atoms with Gasteiger partial charge in [-0.25, -0.2) is 15.0 Å². The van der Waals surface area contributed by atoms with Crippen molar-refractivity contribution in [1.29, 1.82) is 0 Å². The van der Waals surface area contributed by atoms with E-state index in [1.165, 1.54) is 5.56 Å². The number of nitrogens with one attached hydrogen (secondary N) is 1. The van der Waals surface area contributed by atoms with Crippen LogP contribution >= 0.6 is 0 Å². The second-order valence-electron chi connectivity index (χ2n) is 8.51. The number of nitrogens with two attached hydrogens (primary N) is 1. The summed E-state index contributed by atoms with van der Waals surface area (Å²) in [6.07, 6.45) is 10.4. The topological polar surface area (TPSA) is 89.2 Å². The zero-order valence-corrected chi connectivity index (χ0v) is 16.8. The summed E-state index contributed by atoms with van der Waals surface area (Å²) in [6, 6.07) is 2.10. The molecule has 0 amide bonds. The van der Waals surface area contributed by atoms with Gasteiger partial charge < -0.3 is 20.7 Å². The Kier molecular flexibility index (Phi) is 4.93. The van der Waals surface area contributed by atoms with Crippen molar-refractivity contribution < 1.29 is 4.74 Å². The van der Waals surface area contributed by atoms with Crippen molar-refractivity contribution in [3.8, 4) is 11.3 Å². The summed E-state index contributed by atoms with van der Waals surface area (Å²) in [4.78, 5) is 15.4. The molecule has 0 aromatic carbocycles. The minimum atomic E-state index is -0.0996. The van der Waals surface area contributed by atoms with Gasteiger partial charge in [0.25, 0.3) is 0 Å². The van der Waals surface area contributed by atoms with E-state index in [4.69, 9.17) is 15.5 Å². The molecule has 2 aliphatic rings. The molecule has 7 nitrogen and oxygen atoms in total. The maximum atomic E-state index is 5.81. The molecule has 1 unspecified atom stereocenters. The van der Waals surface area contributed by atoms with Crippen molar-refractivity contribution in [2.24, 2.45) is 0 Å². The summed E-state index contributed by atoms with van der Waals surface area (Å²) >= 11 is 0. The summed E-state index contributed by atoms with van der Waals surface area (Å²) in [5.74, 6) is 1.16. The van der Waals surface area contributed by atoms with Gasteiger partial charge in [-0.05, 0) is 51.3 Å². The van der Waals surface area contributed by atoms with Crippen LogP contribution in [0.15, 0.2) is 24.7 Å². The predicted octanol–water partition coefficient (Wildman–Crippen LogP) is 3.30. The highest BCUT2D eigenvalue weighted by atomic mass is 16.5. The fraction of sp³-hybridized carbons (Fsp3) is 0.476. The van der Waals surface area contributed by atoms with Gasteiger partial charge in [0.05, 0.1) is 11.8 Å². The van der Waals surface area contributed by atoms with Crippen LogP contribution in [0.1, 0.15) is 44.7 Å². The van der Waals surface area contributed by atoms with Crippen LogP contribution in [0.3, 0.4) is 0 Å². The monoisotopic (exact) mass is 380 g/mol. The Labute approximate surface area is 166 Å². The Morgan fingerprint density at radius 1 is 1.29 bits per heavy atom. The summed E-state index contributed by atoms with van der Waals surface area (Å²) in [5, 5.41) is 3.58. The normalized spacial score (nSPS) is 19.0. The van der Waals surface area contributed by atoms with Crippen LogP contribution in [0.25, 0.3) is 17.3 Å². The number of aromatic nitrogens is 3. The number of fused-ring (bicyclic) bond motifs is 1. The lowest BCUT2D eigenvalue weighted by Gasteiger charge is -2.31. The van der Waals surface area contributed by atoms with E-state index in [2.05, 4.69) is 59.3 Å². The highest BCUT2D eigenvalue weighted by Crippen LogP contribution is 2.32. The van der Waals surface area contributed by atoms with Crippen molar-refractivity contribution in [2.45, 2.75) is 51.8 Å². The molecular weight excluding hydrogens is 352 g/mol. The molecule has 4 heterocycles. The van der Waals surface area contributed by atoms with E-state index in [0.29, 0.717) is 6.10 Å². The molecule has 2 aromatic heterocycles. The summed E-state index contributed by atoms with van der Waals surface area (Å²) in [5.41, 5.74) is 9.58. The van der Waals surface area contributed by atoms with Crippen molar-refractivity contribution in [2.75, 3.05) is 24.2 Å².